The zero-order valence-corrected chi connectivity index (χ0v) is 19.3. The first-order valence-electron chi connectivity index (χ1n) is 11.3. The number of hydrogen-bond donors (Lipinski definition) is 1. The van der Waals surface area contributed by atoms with Crippen molar-refractivity contribution in [3.63, 3.8) is 0 Å². The molecule has 0 unspecified atom stereocenters. The lowest BCUT2D eigenvalue weighted by Gasteiger charge is -2.15. The molecule has 0 saturated heterocycles. The van der Waals surface area contributed by atoms with Crippen LogP contribution in [0.2, 0.25) is 0 Å². The minimum Gasteiger partial charge on any atom is -0.478 e. The van der Waals surface area contributed by atoms with E-state index in [1.165, 1.54) is 24.1 Å². The molecular weight excluding hydrogens is 434 g/mol. The summed E-state index contributed by atoms with van der Waals surface area (Å²) in [5, 5.41) is 5.34. The van der Waals surface area contributed by atoms with E-state index in [2.05, 4.69) is 20.7 Å². The van der Waals surface area contributed by atoms with Crippen molar-refractivity contribution in [1.29, 1.82) is 0 Å². The van der Waals surface area contributed by atoms with Crippen LogP contribution in [0, 0.1) is 0 Å². The summed E-state index contributed by atoms with van der Waals surface area (Å²) >= 11 is 1.65. The van der Waals surface area contributed by atoms with Gasteiger partial charge in [0.2, 0.25) is 5.88 Å². The monoisotopic (exact) mass is 459 g/mol. The first-order chi connectivity index (χ1) is 16.2. The maximum atomic E-state index is 6.28. The number of rotatable bonds is 6. The average molecular weight is 460 g/mol. The lowest BCUT2D eigenvalue weighted by atomic mass is 9.96. The Hall–Kier alpha value is -3.46. The Morgan fingerprint density at radius 3 is 2.94 bits per heavy atom. The van der Waals surface area contributed by atoms with Gasteiger partial charge in [-0.05, 0) is 43.7 Å². The SMILES string of the molecule is Cn1c(CCCOc2ccc3c(n2)CCCC3)nc2c(N)nc3cc(-n4cccn4)sc3c21. The van der Waals surface area contributed by atoms with E-state index in [1.807, 2.05) is 36.1 Å². The molecule has 0 aliphatic heterocycles. The van der Waals surface area contributed by atoms with E-state index in [0.717, 1.165) is 63.6 Å². The van der Waals surface area contributed by atoms with Crippen LogP contribution >= 0.6 is 11.3 Å². The molecule has 5 aromatic rings. The first kappa shape index (κ1) is 20.2. The summed E-state index contributed by atoms with van der Waals surface area (Å²) < 4.78 is 11.0. The van der Waals surface area contributed by atoms with Crippen LogP contribution in [0.4, 0.5) is 5.82 Å². The zero-order valence-electron chi connectivity index (χ0n) is 18.5. The van der Waals surface area contributed by atoms with Crippen molar-refractivity contribution in [3.05, 3.63) is 53.7 Å². The highest BCUT2D eigenvalue weighted by molar-refractivity contribution is 7.22. The molecular formula is C24H25N7OS. The number of anilines is 1. The highest BCUT2D eigenvalue weighted by Gasteiger charge is 2.18. The van der Waals surface area contributed by atoms with Crippen LogP contribution in [0.15, 0.2) is 36.7 Å². The minimum absolute atomic E-state index is 0.457. The molecule has 0 amide bonds. The largest absolute Gasteiger partial charge is 0.478 e. The average Bonchev–Trinajstić information content (AvgIpc) is 3.56. The third-order valence-corrected chi connectivity index (χ3v) is 7.38. The number of pyridine rings is 2. The lowest BCUT2D eigenvalue weighted by molar-refractivity contribution is 0.296. The van der Waals surface area contributed by atoms with Gasteiger partial charge in [0.25, 0.3) is 0 Å². The van der Waals surface area contributed by atoms with Gasteiger partial charge >= 0.3 is 0 Å². The van der Waals surface area contributed by atoms with Crippen molar-refractivity contribution >= 4 is 38.4 Å². The molecule has 1 aliphatic rings. The second kappa shape index (κ2) is 8.15. The molecule has 0 radical (unpaired) electrons. The number of imidazole rings is 1. The van der Waals surface area contributed by atoms with Gasteiger partial charge in [-0.25, -0.2) is 19.6 Å². The molecule has 5 heterocycles. The van der Waals surface area contributed by atoms with E-state index >= 15 is 0 Å². The molecule has 8 nitrogen and oxygen atoms in total. The first-order valence-corrected chi connectivity index (χ1v) is 12.1. The smallest absolute Gasteiger partial charge is 0.213 e. The van der Waals surface area contributed by atoms with Crippen LogP contribution in [0.3, 0.4) is 0 Å². The van der Waals surface area contributed by atoms with Gasteiger partial charge in [0.15, 0.2) is 5.82 Å². The fourth-order valence-corrected chi connectivity index (χ4v) is 5.69. The molecule has 0 aromatic carbocycles. The molecule has 1 aliphatic carbocycles. The molecule has 0 fully saturated rings. The fourth-order valence-electron chi connectivity index (χ4n) is 4.57. The third-order valence-electron chi connectivity index (χ3n) is 6.26. The van der Waals surface area contributed by atoms with Crippen molar-refractivity contribution in [2.24, 2.45) is 7.05 Å². The van der Waals surface area contributed by atoms with Gasteiger partial charge in [-0.15, -0.1) is 11.3 Å². The minimum atomic E-state index is 0.457. The van der Waals surface area contributed by atoms with E-state index in [0.29, 0.717) is 12.4 Å². The zero-order chi connectivity index (χ0) is 22.4. The number of ether oxygens (including phenoxy) is 1. The topological polar surface area (TPSA) is 96.7 Å². The number of nitrogens with two attached hydrogens (primary N) is 1. The molecule has 6 rings (SSSR count). The number of nitrogen functional groups attached to an aromatic ring is 1. The maximum absolute atomic E-state index is 6.28. The Morgan fingerprint density at radius 2 is 2.06 bits per heavy atom. The van der Waals surface area contributed by atoms with Crippen LogP contribution in [0.5, 0.6) is 5.88 Å². The summed E-state index contributed by atoms with van der Waals surface area (Å²) in [5.41, 5.74) is 11.5. The number of aromatic nitrogens is 6. The van der Waals surface area contributed by atoms with Crippen LogP contribution in [-0.2, 0) is 26.3 Å². The lowest BCUT2D eigenvalue weighted by Crippen LogP contribution is -2.08. The number of fused-ring (bicyclic) bond motifs is 4. The highest BCUT2D eigenvalue weighted by Crippen LogP contribution is 2.35. The molecule has 9 heteroatoms. The molecule has 33 heavy (non-hydrogen) atoms. The van der Waals surface area contributed by atoms with Gasteiger partial charge in [-0.1, -0.05) is 6.07 Å². The predicted molar refractivity (Wildman–Crippen MR) is 130 cm³/mol. The van der Waals surface area contributed by atoms with Gasteiger partial charge in [-0.3, -0.25) is 0 Å². The third kappa shape index (κ3) is 3.62. The number of nitrogens with zero attached hydrogens (tertiary/aromatic N) is 6. The quantitative estimate of drug-likeness (QED) is 0.382. The Bertz CT molecular complexity index is 1450. The van der Waals surface area contributed by atoms with Crippen molar-refractivity contribution in [3.8, 4) is 10.9 Å². The van der Waals surface area contributed by atoms with Crippen LogP contribution in [0.25, 0.3) is 26.3 Å². The summed E-state index contributed by atoms with van der Waals surface area (Å²) in [6.45, 7) is 0.598. The van der Waals surface area contributed by atoms with Crippen LogP contribution in [-0.4, -0.2) is 35.9 Å². The van der Waals surface area contributed by atoms with Crippen molar-refractivity contribution < 1.29 is 4.74 Å². The maximum Gasteiger partial charge on any atom is 0.213 e. The number of hydrogen-bond acceptors (Lipinski definition) is 7. The molecule has 0 spiro atoms. The van der Waals surface area contributed by atoms with Crippen LogP contribution < -0.4 is 10.5 Å². The molecule has 0 atom stereocenters. The fraction of sp³-hybridized carbons (Fsp3) is 0.333. The number of thiophene rings is 1. The van der Waals surface area contributed by atoms with Crippen LogP contribution in [0.1, 0.15) is 36.3 Å². The second-order valence-electron chi connectivity index (χ2n) is 8.45. The van der Waals surface area contributed by atoms with Gasteiger partial charge in [0.05, 0.1) is 22.3 Å². The van der Waals surface area contributed by atoms with Gasteiger partial charge in [-0.2, -0.15) is 5.10 Å². The van der Waals surface area contributed by atoms with Gasteiger partial charge in [0, 0.05) is 43.7 Å². The summed E-state index contributed by atoms with van der Waals surface area (Å²) in [4.78, 5) is 14.1. The Kier molecular flexibility index (Phi) is 4.98. The summed E-state index contributed by atoms with van der Waals surface area (Å²) in [7, 11) is 2.04. The van der Waals surface area contributed by atoms with E-state index in [4.69, 9.17) is 20.4 Å². The standard InChI is InChI=1S/C24H25N7OS/c1-30-18(8-4-13-32-19-10-9-15-6-2-3-7-16(15)27-19)29-21-22(30)23-17(28-24(21)25)14-20(33-23)31-12-5-11-26-31/h5,9-12,14H,2-4,6-8,13H2,1H3,(H2,25,28). The van der Waals surface area contributed by atoms with E-state index in [-0.39, 0.29) is 0 Å². The Morgan fingerprint density at radius 1 is 1.15 bits per heavy atom. The molecule has 0 saturated carbocycles. The van der Waals surface area contributed by atoms with E-state index < -0.39 is 0 Å². The van der Waals surface area contributed by atoms with Gasteiger partial charge < -0.3 is 15.0 Å². The number of aryl methyl sites for hydroxylation is 4. The van der Waals surface area contributed by atoms with E-state index in [9.17, 15) is 0 Å². The predicted octanol–water partition coefficient (Wildman–Crippen LogP) is 4.24. The highest BCUT2D eigenvalue weighted by atomic mass is 32.1. The van der Waals surface area contributed by atoms with Crippen molar-refractivity contribution in [2.75, 3.05) is 12.3 Å². The summed E-state index contributed by atoms with van der Waals surface area (Å²) in [5.74, 6) is 2.15. The molecule has 168 valence electrons. The summed E-state index contributed by atoms with van der Waals surface area (Å²) in [6.07, 6.45) is 9.99. The molecule has 5 aromatic heterocycles. The van der Waals surface area contributed by atoms with Gasteiger partial charge in [0.1, 0.15) is 16.3 Å². The van der Waals surface area contributed by atoms with Crippen molar-refractivity contribution in [1.82, 2.24) is 29.3 Å². The van der Waals surface area contributed by atoms with E-state index in [1.54, 1.807) is 17.5 Å². The Balaban J connectivity index is 1.21. The normalized spacial score (nSPS) is 13.6. The Labute approximate surface area is 195 Å². The molecule has 0 bridgehead atoms. The second-order valence-corrected chi connectivity index (χ2v) is 9.48. The summed E-state index contributed by atoms with van der Waals surface area (Å²) in [6, 6.07) is 8.10. The van der Waals surface area contributed by atoms with Crippen molar-refractivity contribution in [2.45, 2.75) is 38.5 Å². The molecule has 2 N–H and O–H groups in total.